The minimum atomic E-state index is -0.279. The highest BCUT2D eigenvalue weighted by atomic mass is 16.6. The van der Waals surface area contributed by atoms with Gasteiger partial charge in [-0.2, -0.15) is 0 Å². The van der Waals surface area contributed by atoms with E-state index in [-0.39, 0.29) is 12.5 Å². The first-order valence-electron chi connectivity index (χ1n) is 11.5. The van der Waals surface area contributed by atoms with Crippen LogP contribution < -0.4 is 14.8 Å². The van der Waals surface area contributed by atoms with Crippen LogP contribution in [-0.4, -0.2) is 25.3 Å². The number of hydrogen-bond acceptors (Lipinski definition) is 5. The zero-order valence-corrected chi connectivity index (χ0v) is 19.9. The minimum Gasteiger partial charge on any atom is -0.490 e. The molecule has 35 heavy (non-hydrogen) atoms. The van der Waals surface area contributed by atoms with Gasteiger partial charge in [0.1, 0.15) is 6.61 Å². The molecule has 0 aromatic heterocycles. The number of anilines is 1. The molecule has 0 fully saturated rings. The number of rotatable bonds is 10. The van der Waals surface area contributed by atoms with E-state index < -0.39 is 0 Å². The number of amides is 1. The van der Waals surface area contributed by atoms with Crippen LogP contribution in [0.25, 0.3) is 10.8 Å². The van der Waals surface area contributed by atoms with Gasteiger partial charge in [-0.25, -0.2) is 0 Å². The Morgan fingerprint density at radius 1 is 0.914 bits per heavy atom. The van der Waals surface area contributed by atoms with E-state index in [2.05, 4.69) is 34.7 Å². The van der Waals surface area contributed by atoms with E-state index in [1.54, 1.807) is 0 Å². The highest BCUT2D eigenvalue weighted by Crippen LogP contribution is 2.30. The summed E-state index contributed by atoms with van der Waals surface area (Å²) < 4.78 is 11.9. The van der Waals surface area contributed by atoms with E-state index in [0.29, 0.717) is 30.4 Å². The SMILES string of the molecule is CCOc1cc(/C=N/OCC(=O)Nc2ccc(C)cc2)ccc1OCc1cccc2ccccc12. The van der Waals surface area contributed by atoms with Gasteiger partial charge in [-0.1, -0.05) is 65.3 Å². The average molecular weight is 469 g/mol. The number of fused-ring (bicyclic) bond motifs is 1. The zero-order chi connectivity index (χ0) is 24.5. The molecule has 178 valence electrons. The molecule has 6 heteroatoms. The fraction of sp³-hybridized carbons (Fsp3) is 0.172. The number of benzene rings is 4. The van der Waals surface area contributed by atoms with Gasteiger partial charge in [-0.05, 0) is 60.5 Å². The molecule has 4 aromatic carbocycles. The molecule has 0 spiro atoms. The van der Waals surface area contributed by atoms with Gasteiger partial charge in [0.05, 0.1) is 12.8 Å². The van der Waals surface area contributed by atoms with E-state index in [0.717, 1.165) is 16.7 Å². The third kappa shape index (κ3) is 6.60. The molecule has 4 aromatic rings. The third-order valence-corrected chi connectivity index (χ3v) is 5.34. The van der Waals surface area contributed by atoms with Crippen molar-refractivity contribution in [1.82, 2.24) is 0 Å². The lowest BCUT2D eigenvalue weighted by Crippen LogP contribution is -2.16. The monoisotopic (exact) mass is 468 g/mol. The second kappa shape index (κ2) is 11.7. The number of carbonyl (C=O) groups is 1. The number of nitrogens with zero attached hydrogens (tertiary/aromatic N) is 1. The molecule has 0 saturated carbocycles. The standard InChI is InChI=1S/C29H28N2O4/c1-3-33-28-17-22(18-30-35-20-29(32)31-25-14-11-21(2)12-15-25)13-16-27(28)34-19-24-9-6-8-23-7-4-5-10-26(23)24/h4-18H,3,19-20H2,1-2H3,(H,31,32)/b30-18+. The quantitative estimate of drug-likeness (QED) is 0.225. The fourth-order valence-corrected chi connectivity index (χ4v) is 3.59. The van der Waals surface area contributed by atoms with Gasteiger partial charge in [0, 0.05) is 11.3 Å². The van der Waals surface area contributed by atoms with Crippen molar-refractivity contribution >= 4 is 28.6 Å². The number of carbonyl (C=O) groups excluding carboxylic acids is 1. The first kappa shape index (κ1) is 23.8. The van der Waals surface area contributed by atoms with Crippen molar-refractivity contribution < 1.29 is 19.1 Å². The highest BCUT2D eigenvalue weighted by molar-refractivity contribution is 5.91. The van der Waals surface area contributed by atoms with Gasteiger partial charge < -0.3 is 19.6 Å². The lowest BCUT2D eigenvalue weighted by Gasteiger charge is -2.13. The molecule has 0 radical (unpaired) electrons. The molecule has 0 aliphatic carbocycles. The van der Waals surface area contributed by atoms with E-state index in [1.165, 1.54) is 17.0 Å². The van der Waals surface area contributed by atoms with Crippen LogP contribution in [0.4, 0.5) is 5.69 Å². The van der Waals surface area contributed by atoms with Crippen molar-refractivity contribution in [3.05, 3.63) is 102 Å². The average Bonchev–Trinajstić information content (AvgIpc) is 2.88. The summed E-state index contributed by atoms with van der Waals surface area (Å²) in [5.74, 6) is 0.988. The van der Waals surface area contributed by atoms with Crippen molar-refractivity contribution in [3.8, 4) is 11.5 Å². The molecule has 0 aliphatic rings. The van der Waals surface area contributed by atoms with Crippen LogP contribution in [0.1, 0.15) is 23.6 Å². The Hall–Kier alpha value is -4.32. The van der Waals surface area contributed by atoms with E-state index >= 15 is 0 Å². The fourth-order valence-electron chi connectivity index (χ4n) is 3.59. The Labute approximate surface area is 205 Å². The van der Waals surface area contributed by atoms with Crippen molar-refractivity contribution in [2.24, 2.45) is 5.16 Å². The van der Waals surface area contributed by atoms with Crippen LogP contribution in [0.3, 0.4) is 0 Å². The molecule has 1 amide bonds. The molecule has 0 bridgehead atoms. The Morgan fingerprint density at radius 2 is 1.71 bits per heavy atom. The summed E-state index contributed by atoms with van der Waals surface area (Å²) in [6.07, 6.45) is 1.54. The van der Waals surface area contributed by atoms with Crippen molar-refractivity contribution in [1.29, 1.82) is 0 Å². The Kier molecular flexibility index (Phi) is 7.96. The first-order valence-corrected chi connectivity index (χ1v) is 11.5. The van der Waals surface area contributed by atoms with Gasteiger partial charge in [-0.15, -0.1) is 0 Å². The van der Waals surface area contributed by atoms with Crippen LogP contribution in [0.2, 0.25) is 0 Å². The predicted molar refractivity (Wildman–Crippen MR) is 139 cm³/mol. The van der Waals surface area contributed by atoms with Crippen LogP contribution in [-0.2, 0) is 16.2 Å². The summed E-state index contributed by atoms with van der Waals surface area (Å²) >= 11 is 0. The molecule has 0 heterocycles. The molecular weight excluding hydrogens is 440 g/mol. The summed E-state index contributed by atoms with van der Waals surface area (Å²) in [6.45, 7) is 4.65. The number of nitrogens with one attached hydrogen (secondary N) is 1. The van der Waals surface area contributed by atoms with Crippen LogP contribution in [0.5, 0.6) is 11.5 Å². The molecule has 0 unspecified atom stereocenters. The van der Waals surface area contributed by atoms with Crippen molar-refractivity contribution in [2.75, 3.05) is 18.5 Å². The largest absolute Gasteiger partial charge is 0.490 e. The molecule has 0 atom stereocenters. The van der Waals surface area contributed by atoms with Gasteiger partial charge in [0.15, 0.2) is 18.1 Å². The summed E-state index contributed by atoms with van der Waals surface area (Å²) in [4.78, 5) is 17.2. The zero-order valence-electron chi connectivity index (χ0n) is 19.9. The highest BCUT2D eigenvalue weighted by Gasteiger charge is 2.08. The molecular formula is C29H28N2O4. The molecule has 4 rings (SSSR count). The summed E-state index contributed by atoms with van der Waals surface area (Å²) in [6, 6.07) is 27.5. The molecule has 0 saturated heterocycles. The van der Waals surface area contributed by atoms with Crippen molar-refractivity contribution in [3.63, 3.8) is 0 Å². The predicted octanol–water partition coefficient (Wildman–Crippen LogP) is 6.12. The van der Waals surface area contributed by atoms with Gasteiger partial charge >= 0.3 is 0 Å². The second-order valence-electron chi connectivity index (χ2n) is 7.99. The van der Waals surface area contributed by atoms with Crippen LogP contribution in [0.15, 0.2) is 90.1 Å². The molecule has 1 N–H and O–H groups in total. The number of ether oxygens (including phenoxy) is 2. The first-order chi connectivity index (χ1) is 17.1. The second-order valence-corrected chi connectivity index (χ2v) is 7.99. The maximum atomic E-state index is 12.0. The maximum Gasteiger partial charge on any atom is 0.265 e. The van der Waals surface area contributed by atoms with E-state index in [1.807, 2.05) is 74.5 Å². The number of hydrogen-bond donors (Lipinski definition) is 1. The minimum absolute atomic E-state index is 0.186. The Balaban J connectivity index is 1.35. The summed E-state index contributed by atoms with van der Waals surface area (Å²) in [5.41, 5.74) is 3.72. The van der Waals surface area contributed by atoms with E-state index in [4.69, 9.17) is 14.3 Å². The molecule has 0 aliphatic heterocycles. The number of oxime groups is 1. The lowest BCUT2D eigenvalue weighted by molar-refractivity contribution is -0.120. The van der Waals surface area contributed by atoms with Crippen LogP contribution in [0, 0.1) is 6.92 Å². The summed E-state index contributed by atoms with van der Waals surface area (Å²) in [5, 5.41) is 9.02. The topological polar surface area (TPSA) is 69.2 Å². The smallest absolute Gasteiger partial charge is 0.265 e. The lowest BCUT2D eigenvalue weighted by atomic mass is 10.1. The number of aryl methyl sites for hydroxylation is 1. The maximum absolute atomic E-state index is 12.0. The van der Waals surface area contributed by atoms with E-state index in [9.17, 15) is 4.79 Å². The molecule has 6 nitrogen and oxygen atoms in total. The third-order valence-electron chi connectivity index (χ3n) is 5.34. The van der Waals surface area contributed by atoms with Gasteiger partial charge in [0.25, 0.3) is 5.91 Å². The van der Waals surface area contributed by atoms with Gasteiger partial charge in [-0.3, -0.25) is 4.79 Å². The Morgan fingerprint density at radius 3 is 2.54 bits per heavy atom. The van der Waals surface area contributed by atoms with Crippen molar-refractivity contribution in [2.45, 2.75) is 20.5 Å². The van der Waals surface area contributed by atoms with Crippen LogP contribution >= 0.6 is 0 Å². The normalized spacial score (nSPS) is 10.9. The Bertz CT molecular complexity index is 1310. The van der Waals surface area contributed by atoms with Gasteiger partial charge in [0.2, 0.25) is 0 Å². The summed E-state index contributed by atoms with van der Waals surface area (Å²) in [7, 11) is 0.